The molecule has 4 aliphatic heterocycles. The number of carboxylic acids is 1. The first kappa shape index (κ1) is 97.8. The van der Waals surface area contributed by atoms with Crippen molar-refractivity contribution in [1.29, 1.82) is 0 Å². The van der Waals surface area contributed by atoms with Crippen molar-refractivity contribution in [2.24, 2.45) is 45.4 Å². The highest BCUT2D eigenvalue weighted by molar-refractivity contribution is 7.98. The number of nitrogens with two attached hydrogens (primary N) is 3. The fourth-order valence-corrected chi connectivity index (χ4v) is 17.4. The molecule has 4 fully saturated rings. The van der Waals surface area contributed by atoms with Gasteiger partial charge >= 0.3 is 5.97 Å². The standard InChI is InChI=1S/C80H126N20O18S2/c1-9-13-53-68(108)92-55(26-27-62(105)106)69(109)93-57(31-45-20-24-51(104)25-21-45)71(111)91-54(14-10-2)70(110)98-64(42(4)102)77(117)96-60(66(81)107)38-119-36-46-15-11-16-47(29-46)37-120-39-61(97-78(118)65(80(6,7)8)100-74(114)56(88-43(5)103)30-44-18-22-49(23-19-44)89-79(82)83)75(115)94-59(33-50-35-84-40-87-50)73(113)99-63(41(3)101)76(116)95-58(72(112)90-53)32-48-34-86-67-52(48)17-12-28-85-67/h11,15-16,18-19,22-23,29,41-42,45,48,50-61,63-65,67,84-87,101-102,104H,9-10,12-14,17,20-21,24-28,30-40H2,1-8H3,(H2,81,107)(H,88,103)(H,90,112)(H,91,111)(H,92,108)(H,93,109)(H,94,115)(H,95,116)(H,96,117)(H,97,118)(H,98,110)(H,99,113)(H,100,114)(H,105,106)(H4,82,83,89)/t41-,42-,45?,48?,50?,51?,52?,53+,54+,55+,56+,57+,58+,59+,60+,61+,63+,64+,65-,67?/m1/s1. The molecule has 0 spiro atoms. The molecule has 18 atom stereocenters. The van der Waals surface area contributed by atoms with Gasteiger partial charge in [0.05, 0.1) is 30.2 Å². The van der Waals surface area contributed by atoms with E-state index in [4.69, 9.17) is 17.2 Å². The Balaban J connectivity index is 1.27. The minimum atomic E-state index is -1.84. The Bertz CT molecular complexity index is 3880. The number of carboxylic acid groups (broad SMARTS) is 1. The number of nitrogens with one attached hydrogen (secondary N) is 16. The second-order valence-corrected chi connectivity index (χ2v) is 35.1. The summed E-state index contributed by atoms with van der Waals surface area (Å²) in [6.07, 6.45) is -2.04. The van der Waals surface area contributed by atoms with Gasteiger partial charge in [0.25, 0.3) is 0 Å². The molecule has 7 rings (SSSR count). The number of piperidine rings is 1. The molecule has 2 bridgehead atoms. The topological polar surface area (TPSA) is 603 Å². The lowest BCUT2D eigenvalue weighted by molar-refractivity contribution is -0.139. The molecule has 2 aromatic carbocycles. The van der Waals surface area contributed by atoms with Crippen LogP contribution in [0.1, 0.15) is 168 Å². The first-order chi connectivity index (χ1) is 56.9. The van der Waals surface area contributed by atoms with Gasteiger partial charge in [0.2, 0.25) is 76.8 Å². The third kappa shape index (κ3) is 31.3. The predicted molar refractivity (Wildman–Crippen MR) is 450 cm³/mol. The molecule has 0 radical (unpaired) electrons. The highest BCUT2D eigenvalue weighted by atomic mass is 32.2. The van der Waals surface area contributed by atoms with Gasteiger partial charge in [0.1, 0.15) is 72.5 Å². The van der Waals surface area contributed by atoms with E-state index in [1.165, 1.54) is 44.3 Å². The van der Waals surface area contributed by atoms with Gasteiger partial charge in [0.15, 0.2) is 5.96 Å². The number of fused-ring (bicyclic) bond motifs is 3. The number of thioether (sulfide) groups is 2. The molecule has 26 N–H and O–H groups in total. The summed E-state index contributed by atoms with van der Waals surface area (Å²) in [4.78, 5) is 206. The van der Waals surface area contributed by atoms with Crippen LogP contribution in [0.15, 0.2) is 53.5 Å². The molecule has 120 heavy (non-hydrogen) atoms. The molecule has 666 valence electrons. The number of hydrogen-bond acceptors (Lipinski definition) is 24. The number of hydrogen-bond donors (Lipinski definition) is 23. The second kappa shape index (κ2) is 47.8. The number of benzene rings is 2. The van der Waals surface area contributed by atoms with Crippen LogP contribution >= 0.6 is 23.5 Å². The Morgan fingerprint density at radius 3 is 1.66 bits per heavy atom. The maximum atomic E-state index is 15.4. The molecule has 3 saturated heterocycles. The van der Waals surface area contributed by atoms with E-state index in [9.17, 15) is 63.6 Å². The summed E-state index contributed by atoms with van der Waals surface area (Å²) >= 11 is 2.40. The number of rotatable bonds is 24. The second-order valence-electron chi connectivity index (χ2n) is 33.0. The van der Waals surface area contributed by atoms with Crippen LogP contribution in [0, 0.1) is 23.2 Å². The zero-order chi connectivity index (χ0) is 88.1. The molecule has 38 nitrogen and oxygen atoms in total. The molecule has 5 aliphatic rings. The van der Waals surface area contributed by atoms with Crippen molar-refractivity contribution in [3.8, 4) is 0 Å². The monoisotopic (exact) mass is 1720 g/mol. The highest BCUT2D eigenvalue weighted by Crippen LogP contribution is 2.33. The van der Waals surface area contributed by atoms with Crippen LogP contribution in [0.3, 0.4) is 0 Å². The quantitative estimate of drug-likeness (QED) is 0.0361. The van der Waals surface area contributed by atoms with Crippen LogP contribution in [0.25, 0.3) is 0 Å². The molecule has 4 heterocycles. The van der Waals surface area contributed by atoms with Crippen molar-refractivity contribution in [1.82, 2.24) is 85.1 Å². The number of aliphatic carboxylic acids is 1. The van der Waals surface area contributed by atoms with Crippen molar-refractivity contribution in [2.75, 3.05) is 37.8 Å². The lowest BCUT2D eigenvalue weighted by Crippen LogP contribution is -2.63. The summed E-state index contributed by atoms with van der Waals surface area (Å²) in [5, 5.41) is 88.7. The van der Waals surface area contributed by atoms with Crippen molar-refractivity contribution in [2.45, 2.75) is 273 Å². The molecular formula is C80H126N20O18S2. The minimum absolute atomic E-state index is 0.0381. The SMILES string of the molecule is CCC[C@@H]1NC(=O)[C@H](CC2CNC3NCCCC23)NC(=O)[C@H]([C@@H](C)O)NC(=O)[C@H](CC2CNCN2)NC(=O)[C@@H](NC(=O)[C@@H](NC(=O)[C@H](Cc2ccc(N=C(N)N)cc2)NC(C)=O)C(C)(C)C)CSCc2cccc(c2)CSC[C@@H](C(N)=O)NC(=O)[C@H]([C@@H](C)O)NC(=O)[C@H](CCC)NC(=O)[C@H](CC2CCC(O)CC2)NC(=O)[C@H](CCC(=O)O)NC1=O. The lowest BCUT2D eigenvalue weighted by Gasteiger charge is -2.33. The first-order valence-corrected chi connectivity index (χ1v) is 43.7. The normalized spacial score (nSPS) is 28.4. The predicted octanol–water partition coefficient (Wildman–Crippen LogP) is -3.30. The van der Waals surface area contributed by atoms with Crippen molar-refractivity contribution < 1.29 is 87.5 Å². The number of aliphatic hydroxyl groups is 3. The van der Waals surface area contributed by atoms with Gasteiger partial charge < -0.3 is 123 Å². The lowest BCUT2D eigenvalue weighted by atomic mass is 9.83. The highest BCUT2D eigenvalue weighted by Gasteiger charge is 2.44. The molecule has 4 unspecified atom stereocenters. The molecular weight excluding hydrogens is 1590 g/mol. The van der Waals surface area contributed by atoms with Crippen LogP contribution in [0.5, 0.6) is 0 Å². The third-order valence-electron chi connectivity index (χ3n) is 21.9. The number of aliphatic imine (C=N–C) groups is 1. The molecule has 13 amide bonds. The summed E-state index contributed by atoms with van der Waals surface area (Å²) in [5.41, 5.74) is 18.4. The van der Waals surface area contributed by atoms with Crippen molar-refractivity contribution >= 4 is 118 Å². The van der Waals surface area contributed by atoms with E-state index in [0.29, 0.717) is 63.2 Å². The molecule has 40 heteroatoms. The van der Waals surface area contributed by atoms with Crippen LogP contribution in [-0.2, 0) is 85.1 Å². The first-order valence-electron chi connectivity index (χ1n) is 41.4. The number of aliphatic hydroxyl groups excluding tert-OH is 3. The molecule has 2 aromatic rings. The van der Waals surface area contributed by atoms with E-state index < -0.39 is 198 Å². The van der Waals surface area contributed by atoms with Gasteiger partial charge in [-0.15, -0.1) is 0 Å². The van der Waals surface area contributed by atoms with E-state index in [1.54, 1.807) is 71.0 Å². The third-order valence-corrected chi connectivity index (χ3v) is 24.1. The number of nitrogens with zero attached hydrogens (tertiary/aromatic N) is 1. The summed E-state index contributed by atoms with van der Waals surface area (Å²) in [5.74, 6) is -13.7. The zero-order valence-electron chi connectivity index (χ0n) is 69.6. The van der Waals surface area contributed by atoms with Crippen LogP contribution in [0.4, 0.5) is 5.69 Å². The fourth-order valence-electron chi connectivity index (χ4n) is 15.4. The van der Waals surface area contributed by atoms with Gasteiger partial charge in [-0.1, -0.05) is 83.9 Å². The summed E-state index contributed by atoms with van der Waals surface area (Å²) < 4.78 is 0. The average Bonchev–Trinajstić information content (AvgIpc) is 1.50. The van der Waals surface area contributed by atoms with E-state index in [1.807, 2.05) is 12.1 Å². The summed E-state index contributed by atoms with van der Waals surface area (Å²) in [6, 6.07) is -4.85. The summed E-state index contributed by atoms with van der Waals surface area (Å²) in [7, 11) is 0. The molecule has 1 aliphatic carbocycles. The Kier molecular flexibility index (Phi) is 39.0. The van der Waals surface area contributed by atoms with Gasteiger partial charge in [0, 0.05) is 62.0 Å². The number of primary amides is 1. The van der Waals surface area contributed by atoms with Crippen LogP contribution in [0.2, 0.25) is 0 Å². The maximum Gasteiger partial charge on any atom is 0.303 e. The Morgan fingerprint density at radius 1 is 0.592 bits per heavy atom. The number of carbonyl (C=O) groups is 14. The van der Waals surface area contributed by atoms with Gasteiger partial charge in [-0.05, 0) is 156 Å². The van der Waals surface area contributed by atoms with Crippen molar-refractivity contribution in [3.63, 3.8) is 0 Å². The number of amides is 13. The molecule has 1 saturated carbocycles. The fraction of sp³-hybridized carbons (Fsp3) is 0.662. The smallest absolute Gasteiger partial charge is 0.303 e. The zero-order valence-corrected chi connectivity index (χ0v) is 71.3. The maximum absolute atomic E-state index is 15.4. The van der Waals surface area contributed by atoms with E-state index >= 15 is 24.0 Å². The Hall–Kier alpha value is -9.29. The van der Waals surface area contributed by atoms with Gasteiger partial charge in [-0.3, -0.25) is 67.1 Å². The average molecular weight is 1720 g/mol. The van der Waals surface area contributed by atoms with E-state index in [-0.39, 0.29) is 104 Å². The van der Waals surface area contributed by atoms with Crippen LogP contribution in [-0.4, -0.2) is 250 Å². The van der Waals surface area contributed by atoms with E-state index in [0.717, 1.165) is 24.0 Å². The molecule has 0 aromatic heterocycles. The number of guanidine groups is 1. The number of carbonyl (C=O) groups excluding carboxylic acids is 13. The van der Waals surface area contributed by atoms with Gasteiger partial charge in [-0.2, -0.15) is 23.5 Å². The largest absolute Gasteiger partial charge is 0.481 e. The Morgan fingerprint density at radius 2 is 1.12 bits per heavy atom. The summed E-state index contributed by atoms with van der Waals surface area (Å²) in [6.45, 7) is 13.8. The van der Waals surface area contributed by atoms with E-state index in [2.05, 4.69) is 90.1 Å². The van der Waals surface area contributed by atoms with Crippen LogP contribution < -0.4 is 102 Å². The Labute approximate surface area is 708 Å². The minimum Gasteiger partial charge on any atom is -0.481 e. The van der Waals surface area contributed by atoms with Crippen molar-refractivity contribution in [3.05, 3.63) is 65.2 Å². The van der Waals surface area contributed by atoms with Gasteiger partial charge in [-0.25, -0.2) is 4.99 Å².